The third-order valence-electron chi connectivity index (χ3n) is 2.11. The second kappa shape index (κ2) is 3.65. The SMILES string of the molecule is FC(F)c1cccc2cc(Br)ccc12. The summed E-state index contributed by atoms with van der Waals surface area (Å²) in [7, 11) is 0. The van der Waals surface area contributed by atoms with Crippen LogP contribution in [0.2, 0.25) is 0 Å². The molecule has 0 atom stereocenters. The van der Waals surface area contributed by atoms with Gasteiger partial charge in [-0.25, -0.2) is 8.78 Å². The molecule has 72 valence electrons. The first-order chi connectivity index (χ1) is 6.68. The highest BCUT2D eigenvalue weighted by Crippen LogP contribution is 2.29. The van der Waals surface area contributed by atoms with E-state index in [-0.39, 0.29) is 5.56 Å². The van der Waals surface area contributed by atoms with Crippen LogP contribution in [0.15, 0.2) is 40.9 Å². The normalized spacial score (nSPS) is 11.1. The van der Waals surface area contributed by atoms with Crippen molar-refractivity contribution >= 4 is 26.7 Å². The Morgan fingerprint density at radius 2 is 1.86 bits per heavy atom. The average molecular weight is 257 g/mol. The Hall–Kier alpha value is -0.960. The van der Waals surface area contributed by atoms with Crippen molar-refractivity contribution in [3.05, 3.63) is 46.4 Å². The summed E-state index contributed by atoms with van der Waals surface area (Å²) >= 11 is 3.31. The quantitative estimate of drug-likeness (QED) is 0.703. The van der Waals surface area contributed by atoms with Crippen molar-refractivity contribution in [1.29, 1.82) is 0 Å². The number of rotatable bonds is 1. The lowest BCUT2D eigenvalue weighted by atomic mass is 10.1. The second-order valence-corrected chi connectivity index (χ2v) is 3.93. The maximum atomic E-state index is 12.6. The molecular formula is C11H7BrF2. The van der Waals surface area contributed by atoms with Gasteiger partial charge in [0.1, 0.15) is 0 Å². The minimum absolute atomic E-state index is 0.0926. The van der Waals surface area contributed by atoms with Gasteiger partial charge >= 0.3 is 0 Å². The van der Waals surface area contributed by atoms with E-state index in [1.54, 1.807) is 18.2 Å². The zero-order chi connectivity index (χ0) is 10.1. The van der Waals surface area contributed by atoms with E-state index in [1.165, 1.54) is 6.07 Å². The van der Waals surface area contributed by atoms with Crippen LogP contribution in [0, 0.1) is 0 Å². The summed E-state index contributed by atoms with van der Waals surface area (Å²) in [6.07, 6.45) is -2.42. The van der Waals surface area contributed by atoms with Crippen LogP contribution in [0.25, 0.3) is 10.8 Å². The summed E-state index contributed by atoms with van der Waals surface area (Å²) in [5.74, 6) is 0. The number of fused-ring (bicyclic) bond motifs is 1. The fraction of sp³-hybridized carbons (Fsp3) is 0.0909. The van der Waals surface area contributed by atoms with Gasteiger partial charge in [0.25, 0.3) is 6.43 Å². The van der Waals surface area contributed by atoms with Crippen molar-refractivity contribution in [2.24, 2.45) is 0 Å². The molecule has 0 fully saturated rings. The molecule has 0 N–H and O–H groups in total. The van der Waals surface area contributed by atoms with Gasteiger partial charge < -0.3 is 0 Å². The molecule has 0 unspecified atom stereocenters. The minimum atomic E-state index is -2.42. The molecule has 0 saturated carbocycles. The topological polar surface area (TPSA) is 0 Å². The lowest BCUT2D eigenvalue weighted by Crippen LogP contribution is -1.86. The third-order valence-corrected chi connectivity index (χ3v) is 2.60. The van der Waals surface area contributed by atoms with E-state index in [9.17, 15) is 8.78 Å². The summed E-state index contributed by atoms with van der Waals surface area (Å²) in [6.45, 7) is 0. The van der Waals surface area contributed by atoms with Gasteiger partial charge in [-0.2, -0.15) is 0 Å². The molecule has 0 heterocycles. The highest BCUT2D eigenvalue weighted by Gasteiger charge is 2.10. The summed E-state index contributed by atoms with van der Waals surface area (Å²) in [6, 6.07) is 10.2. The molecule has 0 aliphatic rings. The highest BCUT2D eigenvalue weighted by molar-refractivity contribution is 9.10. The molecule has 0 saturated heterocycles. The van der Waals surface area contributed by atoms with Gasteiger partial charge in [-0.15, -0.1) is 0 Å². The van der Waals surface area contributed by atoms with Crippen molar-refractivity contribution in [3.63, 3.8) is 0 Å². The zero-order valence-electron chi connectivity index (χ0n) is 7.18. The van der Waals surface area contributed by atoms with Crippen molar-refractivity contribution in [2.45, 2.75) is 6.43 Å². The number of hydrogen-bond donors (Lipinski definition) is 0. The zero-order valence-corrected chi connectivity index (χ0v) is 8.76. The van der Waals surface area contributed by atoms with Crippen LogP contribution in [0.1, 0.15) is 12.0 Å². The van der Waals surface area contributed by atoms with E-state index < -0.39 is 6.43 Å². The summed E-state index contributed by atoms with van der Waals surface area (Å²) < 4.78 is 26.1. The first kappa shape index (κ1) is 9.59. The Morgan fingerprint density at radius 3 is 2.57 bits per heavy atom. The standard InChI is InChI=1S/C11H7BrF2/c12-8-4-5-9-7(6-8)2-1-3-10(9)11(13)14/h1-6,11H. The van der Waals surface area contributed by atoms with Crippen molar-refractivity contribution < 1.29 is 8.78 Å². The van der Waals surface area contributed by atoms with Gasteiger partial charge in [0, 0.05) is 10.0 Å². The number of alkyl halides is 2. The van der Waals surface area contributed by atoms with Crippen LogP contribution >= 0.6 is 15.9 Å². The van der Waals surface area contributed by atoms with Crippen LogP contribution in [0.5, 0.6) is 0 Å². The Kier molecular flexibility index (Phi) is 2.50. The number of benzene rings is 2. The molecule has 0 aromatic heterocycles. The predicted octanol–water partition coefficient (Wildman–Crippen LogP) is 4.54. The number of hydrogen-bond acceptors (Lipinski definition) is 0. The molecule has 0 nitrogen and oxygen atoms in total. The van der Waals surface area contributed by atoms with Gasteiger partial charge in [-0.05, 0) is 22.9 Å². The third kappa shape index (κ3) is 1.64. The Balaban J connectivity index is 2.75. The molecule has 3 heteroatoms. The minimum Gasteiger partial charge on any atom is -0.205 e. The maximum Gasteiger partial charge on any atom is 0.264 e. The van der Waals surface area contributed by atoms with Crippen LogP contribution in [0.4, 0.5) is 8.78 Å². The molecule has 0 bridgehead atoms. The summed E-state index contributed by atoms with van der Waals surface area (Å²) in [5, 5.41) is 1.45. The highest BCUT2D eigenvalue weighted by atomic mass is 79.9. The molecular weight excluding hydrogens is 250 g/mol. The molecule has 14 heavy (non-hydrogen) atoms. The van der Waals surface area contributed by atoms with E-state index in [2.05, 4.69) is 15.9 Å². The van der Waals surface area contributed by atoms with Crippen molar-refractivity contribution in [3.8, 4) is 0 Å². The van der Waals surface area contributed by atoms with E-state index in [4.69, 9.17) is 0 Å². The van der Waals surface area contributed by atoms with E-state index in [0.717, 1.165) is 9.86 Å². The van der Waals surface area contributed by atoms with Crippen molar-refractivity contribution in [2.75, 3.05) is 0 Å². The van der Waals surface area contributed by atoms with Gasteiger partial charge in [-0.1, -0.05) is 40.2 Å². The molecule has 0 spiro atoms. The van der Waals surface area contributed by atoms with E-state index in [0.29, 0.717) is 5.39 Å². The second-order valence-electron chi connectivity index (χ2n) is 3.01. The first-order valence-corrected chi connectivity index (χ1v) is 4.94. The molecule has 2 rings (SSSR count). The lowest BCUT2D eigenvalue weighted by molar-refractivity contribution is 0.153. The number of halogens is 3. The molecule has 0 radical (unpaired) electrons. The summed E-state index contributed by atoms with van der Waals surface area (Å²) in [4.78, 5) is 0. The van der Waals surface area contributed by atoms with Crippen LogP contribution in [0.3, 0.4) is 0 Å². The van der Waals surface area contributed by atoms with E-state index >= 15 is 0 Å². The van der Waals surface area contributed by atoms with Crippen LogP contribution in [-0.2, 0) is 0 Å². The van der Waals surface area contributed by atoms with Gasteiger partial charge in [0.2, 0.25) is 0 Å². The molecule has 0 amide bonds. The van der Waals surface area contributed by atoms with Gasteiger partial charge in [-0.3, -0.25) is 0 Å². The van der Waals surface area contributed by atoms with E-state index in [1.807, 2.05) is 12.1 Å². The Labute approximate surface area is 88.7 Å². The smallest absolute Gasteiger partial charge is 0.205 e. The monoisotopic (exact) mass is 256 g/mol. The van der Waals surface area contributed by atoms with Gasteiger partial charge in [0.05, 0.1) is 0 Å². The largest absolute Gasteiger partial charge is 0.264 e. The van der Waals surface area contributed by atoms with Gasteiger partial charge in [0.15, 0.2) is 0 Å². The average Bonchev–Trinajstić information content (AvgIpc) is 2.16. The molecule has 2 aromatic rings. The van der Waals surface area contributed by atoms with Crippen LogP contribution in [-0.4, -0.2) is 0 Å². The molecule has 0 aliphatic carbocycles. The molecule has 0 aliphatic heterocycles. The maximum absolute atomic E-state index is 12.6. The summed E-state index contributed by atoms with van der Waals surface area (Å²) in [5.41, 5.74) is 0.0926. The first-order valence-electron chi connectivity index (χ1n) is 4.15. The Morgan fingerprint density at radius 1 is 1.07 bits per heavy atom. The lowest BCUT2D eigenvalue weighted by Gasteiger charge is -2.05. The molecule has 2 aromatic carbocycles. The fourth-order valence-electron chi connectivity index (χ4n) is 1.47. The van der Waals surface area contributed by atoms with Crippen molar-refractivity contribution in [1.82, 2.24) is 0 Å². The fourth-order valence-corrected chi connectivity index (χ4v) is 1.85. The predicted molar refractivity (Wildman–Crippen MR) is 56.6 cm³/mol. The Bertz CT molecular complexity index is 466. The van der Waals surface area contributed by atoms with Crippen LogP contribution < -0.4 is 0 Å².